The van der Waals surface area contributed by atoms with Gasteiger partial charge >= 0.3 is 0 Å². The molecule has 6 heteroatoms. The molecule has 0 radical (unpaired) electrons. The molecule has 1 aliphatic heterocycles. The Hall–Kier alpha value is -2.99. The van der Waals surface area contributed by atoms with Crippen LogP contribution in [0.5, 0.6) is 5.75 Å². The normalized spacial score (nSPS) is 14.3. The van der Waals surface area contributed by atoms with Gasteiger partial charge in [0.15, 0.2) is 11.6 Å². The Labute approximate surface area is 247 Å². The smallest absolute Gasteiger partial charge is 0.227 e. The lowest BCUT2D eigenvalue weighted by atomic mass is 9.88. The minimum atomic E-state index is -0.808. The summed E-state index contributed by atoms with van der Waals surface area (Å²) in [5, 5.41) is 14.4. The molecule has 2 aromatic rings. The molecule has 1 heterocycles. The summed E-state index contributed by atoms with van der Waals surface area (Å²) >= 11 is 0. The summed E-state index contributed by atoms with van der Waals surface area (Å²) in [6, 6.07) is 7.62. The number of rotatable bonds is 11. The first-order valence-electron chi connectivity index (χ1n) is 15.4. The van der Waals surface area contributed by atoms with Gasteiger partial charge < -0.3 is 15.3 Å². The van der Waals surface area contributed by atoms with Gasteiger partial charge in [-0.15, -0.1) is 0 Å². The van der Waals surface area contributed by atoms with Crippen molar-refractivity contribution in [2.24, 2.45) is 5.92 Å². The van der Waals surface area contributed by atoms with Crippen LogP contribution in [-0.4, -0.2) is 30.6 Å². The third-order valence-electron chi connectivity index (χ3n) is 7.13. The number of benzene rings is 2. The van der Waals surface area contributed by atoms with Crippen molar-refractivity contribution in [3.05, 3.63) is 65.3 Å². The Morgan fingerprint density at radius 3 is 2.27 bits per heavy atom. The summed E-state index contributed by atoms with van der Waals surface area (Å²) in [4.78, 5) is 13.1. The maximum absolute atomic E-state index is 14.9. The van der Waals surface area contributed by atoms with Crippen LogP contribution in [0, 0.1) is 17.6 Å². The molecule has 0 spiro atoms. The molecule has 0 aromatic heterocycles. The second kappa shape index (κ2) is 19.2. The van der Waals surface area contributed by atoms with E-state index in [1.807, 2.05) is 45.9 Å². The molecule has 0 saturated carbocycles. The molecule has 1 unspecified atom stereocenters. The number of para-hydroxylation sites is 1. The highest BCUT2D eigenvalue weighted by Gasteiger charge is 2.28. The molecule has 228 valence electrons. The standard InChI is InChI=1S/C26H29F2NO2.C7H17N.C2H6/c1-5-16(3)13-21(17(4)6-2)20-10-7-9-19(26(20)31)18-14-22(27)25(23(28)15-18)29-12-8-11-24(29)30;1-3-5-7-8-6-4-2;1-2/h5,7,9-10,13-15,17,31H,6,8,11-12H2,1-4H3;8H,3-7H2,1-2H3;1-2H3/b16-5-,21-13+;;. The number of hydrogen-bond acceptors (Lipinski definition) is 3. The number of phenolic OH excluding ortho intramolecular Hbond substituents is 1. The Bertz CT molecular complexity index is 1130. The van der Waals surface area contributed by atoms with Crippen LogP contribution in [0.3, 0.4) is 0 Å². The molecule has 1 atom stereocenters. The zero-order valence-electron chi connectivity index (χ0n) is 26.5. The minimum Gasteiger partial charge on any atom is -0.507 e. The van der Waals surface area contributed by atoms with Gasteiger partial charge in [0.2, 0.25) is 5.91 Å². The summed E-state index contributed by atoms with van der Waals surface area (Å²) in [7, 11) is 0. The quantitative estimate of drug-likeness (QED) is 0.209. The van der Waals surface area contributed by atoms with E-state index in [1.54, 1.807) is 12.1 Å². The molecule has 1 fully saturated rings. The van der Waals surface area contributed by atoms with Crippen LogP contribution in [0.4, 0.5) is 14.5 Å². The fourth-order valence-electron chi connectivity index (χ4n) is 4.51. The van der Waals surface area contributed by atoms with E-state index in [2.05, 4.69) is 33.0 Å². The average Bonchev–Trinajstić information content (AvgIpc) is 3.39. The SMILES string of the molecule is C/C=C(C)\C=C(\c1cccc(-c2cc(F)c(N3CCCC3=O)c(F)c2)c1O)C(C)CC.CC.CCCCNCCC. The molecule has 2 aromatic carbocycles. The van der Waals surface area contributed by atoms with Crippen LogP contribution in [0.15, 0.2) is 48.1 Å². The number of anilines is 1. The number of nitrogens with zero attached hydrogens (tertiary/aromatic N) is 1. The minimum absolute atomic E-state index is 0.0123. The molecule has 2 N–H and O–H groups in total. The van der Waals surface area contributed by atoms with Gasteiger partial charge in [-0.05, 0) is 81.8 Å². The lowest BCUT2D eigenvalue weighted by Gasteiger charge is -2.20. The largest absolute Gasteiger partial charge is 0.507 e. The molecule has 1 aliphatic rings. The Morgan fingerprint density at radius 2 is 1.76 bits per heavy atom. The van der Waals surface area contributed by atoms with E-state index >= 15 is 0 Å². The van der Waals surface area contributed by atoms with Crippen molar-refractivity contribution >= 4 is 17.2 Å². The predicted molar refractivity (Wildman–Crippen MR) is 171 cm³/mol. The molecular formula is C35H52F2N2O2. The second-order valence-electron chi connectivity index (χ2n) is 10.2. The number of carbonyl (C=O) groups excluding carboxylic acids is 1. The molecule has 0 aliphatic carbocycles. The van der Waals surface area contributed by atoms with Crippen LogP contribution in [0.25, 0.3) is 16.7 Å². The van der Waals surface area contributed by atoms with Crippen LogP contribution >= 0.6 is 0 Å². The van der Waals surface area contributed by atoms with Crippen molar-refractivity contribution < 1.29 is 18.7 Å². The van der Waals surface area contributed by atoms with Gasteiger partial charge in [0, 0.05) is 24.1 Å². The summed E-state index contributed by atoms with van der Waals surface area (Å²) in [6.45, 7) is 19.2. The van der Waals surface area contributed by atoms with E-state index in [1.165, 1.54) is 44.5 Å². The van der Waals surface area contributed by atoms with Crippen LogP contribution in [0.1, 0.15) is 99.5 Å². The van der Waals surface area contributed by atoms with Crippen molar-refractivity contribution in [2.75, 3.05) is 24.5 Å². The number of nitrogens with one attached hydrogen (secondary N) is 1. The maximum Gasteiger partial charge on any atom is 0.227 e. The van der Waals surface area contributed by atoms with Gasteiger partial charge in [-0.2, -0.15) is 0 Å². The fraction of sp³-hybridized carbons (Fsp3) is 0.514. The van der Waals surface area contributed by atoms with E-state index < -0.39 is 11.6 Å². The van der Waals surface area contributed by atoms with E-state index in [-0.39, 0.29) is 28.8 Å². The number of amides is 1. The lowest BCUT2D eigenvalue weighted by molar-refractivity contribution is -0.117. The molecule has 3 rings (SSSR count). The van der Waals surface area contributed by atoms with Crippen molar-refractivity contribution in [3.8, 4) is 16.9 Å². The number of halogens is 2. The number of hydrogen-bond donors (Lipinski definition) is 2. The average molecular weight is 571 g/mol. The number of phenols is 1. The topological polar surface area (TPSA) is 52.6 Å². The molecule has 41 heavy (non-hydrogen) atoms. The van der Waals surface area contributed by atoms with E-state index in [9.17, 15) is 18.7 Å². The first-order chi connectivity index (χ1) is 19.7. The molecule has 1 amide bonds. The molecular weight excluding hydrogens is 518 g/mol. The maximum atomic E-state index is 14.9. The second-order valence-corrected chi connectivity index (χ2v) is 10.2. The fourth-order valence-corrected chi connectivity index (χ4v) is 4.51. The van der Waals surface area contributed by atoms with Crippen LogP contribution in [-0.2, 0) is 4.79 Å². The van der Waals surface area contributed by atoms with E-state index in [0.29, 0.717) is 30.5 Å². The summed E-state index contributed by atoms with van der Waals surface area (Å²) < 4.78 is 29.8. The van der Waals surface area contributed by atoms with Crippen LogP contribution < -0.4 is 10.2 Å². The Morgan fingerprint density at radius 1 is 1.10 bits per heavy atom. The van der Waals surface area contributed by atoms with Gasteiger partial charge in [0.1, 0.15) is 11.4 Å². The number of carbonyl (C=O) groups is 1. The first-order valence-corrected chi connectivity index (χ1v) is 15.4. The Kier molecular flexibility index (Phi) is 16.9. The van der Waals surface area contributed by atoms with Gasteiger partial charge in [0.05, 0.1) is 0 Å². The van der Waals surface area contributed by atoms with E-state index in [4.69, 9.17) is 0 Å². The number of unbranched alkanes of at least 4 members (excludes halogenated alkanes) is 1. The van der Waals surface area contributed by atoms with Gasteiger partial charge in [-0.3, -0.25) is 4.79 Å². The predicted octanol–water partition coefficient (Wildman–Crippen LogP) is 9.67. The van der Waals surface area contributed by atoms with Crippen molar-refractivity contribution in [1.29, 1.82) is 0 Å². The zero-order chi connectivity index (χ0) is 30.9. The summed E-state index contributed by atoms with van der Waals surface area (Å²) in [5.41, 5.74) is 2.95. The molecule has 1 saturated heterocycles. The lowest BCUT2D eigenvalue weighted by Crippen LogP contribution is -2.26. The van der Waals surface area contributed by atoms with Crippen molar-refractivity contribution in [3.63, 3.8) is 0 Å². The number of aromatic hydroxyl groups is 1. The van der Waals surface area contributed by atoms with Gasteiger partial charge in [-0.25, -0.2) is 8.78 Å². The number of allylic oxidation sites excluding steroid dienone is 4. The summed E-state index contributed by atoms with van der Waals surface area (Å²) in [5.74, 6) is -1.72. The first kappa shape index (κ1) is 36.0. The third-order valence-corrected chi connectivity index (χ3v) is 7.13. The highest BCUT2D eigenvalue weighted by Crippen LogP contribution is 2.41. The van der Waals surface area contributed by atoms with Gasteiger partial charge in [-0.1, -0.05) is 83.9 Å². The Balaban J connectivity index is 0.000000725. The molecule has 0 bridgehead atoms. The highest BCUT2D eigenvalue weighted by atomic mass is 19.1. The van der Waals surface area contributed by atoms with Crippen molar-refractivity contribution in [1.82, 2.24) is 5.32 Å². The zero-order valence-corrected chi connectivity index (χ0v) is 26.5. The van der Waals surface area contributed by atoms with Gasteiger partial charge in [0.25, 0.3) is 0 Å². The molecule has 4 nitrogen and oxygen atoms in total. The monoisotopic (exact) mass is 570 g/mol. The van der Waals surface area contributed by atoms with Crippen molar-refractivity contribution in [2.45, 2.75) is 93.9 Å². The summed E-state index contributed by atoms with van der Waals surface area (Å²) in [6.07, 6.45) is 9.66. The highest BCUT2D eigenvalue weighted by molar-refractivity contribution is 5.96. The van der Waals surface area contributed by atoms with Crippen LogP contribution in [0.2, 0.25) is 0 Å². The third kappa shape index (κ3) is 10.4. The van der Waals surface area contributed by atoms with E-state index in [0.717, 1.165) is 22.5 Å².